The maximum Gasteiger partial charge on any atom is 0.325 e. The quantitative estimate of drug-likeness (QED) is 0.869. The minimum Gasteiger partial charge on any atom is -0.472 e. The Bertz CT molecular complexity index is 734. The first-order valence-electron chi connectivity index (χ1n) is 7.37. The van der Waals surface area contributed by atoms with E-state index >= 15 is 0 Å². The number of nitrogens with zero attached hydrogens (tertiary/aromatic N) is 2. The van der Waals surface area contributed by atoms with Crippen molar-refractivity contribution in [1.29, 1.82) is 0 Å². The lowest BCUT2D eigenvalue weighted by atomic mass is 9.90. The molecule has 120 valence electrons. The molecule has 7 nitrogen and oxygen atoms in total. The van der Waals surface area contributed by atoms with Crippen LogP contribution in [0.25, 0.3) is 10.6 Å². The first-order valence-corrected chi connectivity index (χ1v) is 8.25. The zero-order valence-electron chi connectivity index (χ0n) is 12.3. The molecule has 3 amide bonds. The Hall–Kier alpha value is -2.19. The third-order valence-electron chi connectivity index (χ3n) is 4.23. The average molecular weight is 333 g/mol. The van der Waals surface area contributed by atoms with Gasteiger partial charge in [0.25, 0.3) is 5.91 Å². The van der Waals surface area contributed by atoms with Crippen LogP contribution in [0, 0.1) is 0 Å². The Morgan fingerprint density at radius 1 is 1.35 bits per heavy atom. The van der Waals surface area contributed by atoms with Crippen molar-refractivity contribution in [2.24, 2.45) is 0 Å². The Balaban J connectivity index is 1.52. The van der Waals surface area contributed by atoms with Crippen LogP contribution in [0.5, 0.6) is 0 Å². The molecule has 1 N–H and O–H groups in total. The first-order chi connectivity index (χ1) is 11.2. The number of carbonyl (C=O) groups is 2. The number of ether oxygens (including phenoxy) is 1. The normalized spacial score (nSPS) is 20.3. The Labute approximate surface area is 136 Å². The van der Waals surface area contributed by atoms with Gasteiger partial charge in [0.2, 0.25) is 0 Å². The van der Waals surface area contributed by atoms with Gasteiger partial charge in [0, 0.05) is 37.0 Å². The molecule has 4 heterocycles. The summed E-state index contributed by atoms with van der Waals surface area (Å²) in [5, 5.41) is 5.51. The molecule has 0 radical (unpaired) electrons. The smallest absolute Gasteiger partial charge is 0.325 e. The van der Waals surface area contributed by atoms with E-state index < -0.39 is 5.54 Å². The van der Waals surface area contributed by atoms with Gasteiger partial charge in [-0.3, -0.25) is 9.69 Å². The van der Waals surface area contributed by atoms with E-state index in [2.05, 4.69) is 10.3 Å². The van der Waals surface area contributed by atoms with Gasteiger partial charge in [-0.25, -0.2) is 9.78 Å². The number of amides is 3. The fourth-order valence-corrected chi connectivity index (χ4v) is 3.74. The van der Waals surface area contributed by atoms with E-state index in [1.807, 2.05) is 11.4 Å². The lowest BCUT2D eigenvalue weighted by Crippen LogP contribution is -2.51. The summed E-state index contributed by atoms with van der Waals surface area (Å²) < 4.78 is 10.3. The summed E-state index contributed by atoms with van der Waals surface area (Å²) in [5.41, 5.74) is 0.789. The summed E-state index contributed by atoms with van der Waals surface area (Å²) in [7, 11) is 0. The third kappa shape index (κ3) is 2.43. The number of aromatic nitrogens is 1. The second-order valence-electron chi connectivity index (χ2n) is 5.67. The van der Waals surface area contributed by atoms with Gasteiger partial charge in [-0.2, -0.15) is 0 Å². The Morgan fingerprint density at radius 3 is 2.91 bits per heavy atom. The van der Waals surface area contributed by atoms with Crippen LogP contribution >= 0.6 is 11.3 Å². The molecule has 4 rings (SSSR count). The number of thiazole rings is 1. The van der Waals surface area contributed by atoms with Crippen LogP contribution < -0.4 is 5.32 Å². The van der Waals surface area contributed by atoms with Crippen molar-refractivity contribution >= 4 is 23.3 Å². The molecular formula is C15H15N3O4S. The molecular weight excluding hydrogens is 318 g/mol. The SMILES string of the molecule is O=C1NC2(CCOCC2)C(=O)N1Cc1csc(-c2ccoc2)n1. The highest BCUT2D eigenvalue weighted by molar-refractivity contribution is 7.13. The van der Waals surface area contributed by atoms with Gasteiger partial charge in [0.15, 0.2) is 0 Å². The lowest BCUT2D eigenvalue weighted by molar-refractivity contribution is -0.134. The van der Waals surface area contributed by atoms with Gasteiger partial charge in [-0.15, -0.1) is 11.3 Å². The monoisotopic (exact) mass is 333 g/mol. The second-order valence-corrected chi connectivity index (χ2v) is 6.53. The van der Waals surface area contributed by atoms with Crippen LogP contribution in [0.4, 0.5) is 4.79 Å². The van der Waals surface area contributed by atoms with E-state index in [4.69, 9.17) is 9.15 Å². The van der Waals surface area contributed by atoms with E-state index in [1.54, 1.807) is 12.5 Å². The standard InChI is InChI=1S/C15H15N3O4S/c19-13-15(2-5-21-6-3-15)17-14(20)18(13)7-11-9-23-12(16-11)10-1-4-22-8-10/h1,4,8-9H,2-3,5-7H2,(H,17,20). The van der Waals surface area contributed by atoms with Crippen molar-refractivity contribution in [1.82, 2.24) is 15.2 Å². The van der Waals surface area contributed by atoms with E-state index in [-0.39, 0.29) is 18.5 Å². The van der Waals surface area contributed by atoms with Crippen LogP contribution in [0.1, 0.15) is 18.5 Å². The number of hydrogen-bond donors (Lipinski definition) is 1. The summed E-state index contributed by atoms with van der Waals surface area (Å²) in [6.45, 7) is 1.16. The van der Waals surface area contributed by atoms with Crippen LogP contribution in [0.3, 0.4) is 0 Å². The van der Waals surface area contributed by atoms with Gasteiger partial charge in [0.1, 0.15) is 16.8 Å². The van der Waals surface area contributed by atoms with Gasteiger partial charge < -0.3 is 14.5 Å². The third-order valence-corrected chi connectivity index (χ3v) is 5.17. The molecule has 23 heavy (non-hydrogen) atoms. The molecule has 0 saturated carbocycles. The van der Waals surface area contributed by atoms with E-state index in [9.17, 15) is 9.59 Å². The van der Waals surface area contributed by atoms with Crippen LogP contribution in [-0.2, 0) is 16.1 Å². The maximum absolute atomic E-state index is 12.7. The number of urea groups is 1. The van der Waals surface area contributed by atoms with Gasteiger partial charge >= 0.3 is 6.03 Å². The van der Waals surface area contributed by atoms with Crippen molar-refractivity contribution in [2.45, 2.75) is 24.9 Å². The van der Waals surface area contributed by atoms with Gasteiger partial charge in [-0.1, -0.05) is 0 Å². The largest absolute Gasteiger partial charge is 0.472 e. The van der Waals surface area contributed by atoms with Crippen LogP contribution in [0.2, 0.25) is 0 Å². The summed E-state index contributed by atoms with van der Waals surface area (Å²) in [4.78, 5) is 30.6. The predicted octanol–water partition coefficient (Wildman–Crippen LogP) is 2.00. The number of carbonyl (C=O) groups excluding carboxylic acids is 2. The molecule has 2 fully saturated rings. The molecule has 2 aromatic heterocycles. The minimum absolute atomic E-state index is 0.177. The minimum atomic E-state index is -0.793. The zero-order valence-corrected chi connectivity index (χ0v) is 13.1. The number of furan rings is 1. The molecule has 2 aliphatic heterocycles. The highest BCUT2D eigenvalue weighted by Gasteiger charge is 2.51. The van der Waals surface area contributed by atoms with Crippen molar-refractivity contribution < 1.29 is 18.7 Å². The van der Waals surface area contributed by atoms with Gasteiger partial charge in [-0.05, 0) is 6.07 Å². The summed E-state index contributed by atoms with van der Waals surface area (Å²) in [6.07, 6.45) is 4.24. The fraction of sp³-hybridized carbons (Fsp3) is 0.400. The van der Waals surface area contributed by atoms with E-state index in [0.29, 0.717) is 31.7 Å². The summed E-state index contributed by atoms with van der Waals surface area (Å²) >= 11 is 1.46. The molecule has 0 atom stereocenters. The topological polar surface area (TPSA) is 84.7 Å². The number of rotatable bonds is 3. The van der Waals surface area contributed by atoms with Crippen molar-refractivity contribution in [2.75, 3.05) is 13.2 Å². The van der Waals surface area contributed by atoms with Crippen molar-refractivity contribution in [3.05, 3.63) is 29.7 Å². The Morgan fingerprint density at radius 2 is 2.17 bits per heavy atom. The maximum atomic E-state index is 12.7. The van der Waals surface area contributed by atoms with Crippen LogP contribution in [-0.4, -0.2) is 40.6 Å². The highest BCUT2D eigenvalue weighted by Crippen LogP contribution is 2.30. The molecule has 2 aromatic rings. The number of nitrogens with one attached hydrogen (secondary N) is 1. The second kappa shape index (κ2) is 5.47. The molecule has 0 bridgehead atoms. The molecule has 8 heteroatoms. The van der Waals surface area contributed by atoms with E-state index in [0.717, 1.165) is 10.6 Å². The predicted molar refractivity (Wildman–Crippen MR) is 81.7 cm³/mol. The molecule has 1 spiro atoms. The fourth-order valence-electron chi connectivity index (χ4n) is 2.94. The lowest BCUT2D eigenvalue weighted by Gasteiger charge is -2.30. The average Bonchev–Trinajstić information content (AvgIpc) is 3.27. The summed E-state index contributed by atoms with van der Waals surface area (Å²) in [5.74, 6) is -0.177. The van der Waals surface area contributed by atoms with Crippen molar-refractivity contribution in [3.8, 4) is 10.6 Å². The van der Waals surface area contributed by atoms with Gasteiger partial charge in [0.05, 0.1) is 18.5 Å². The molecule has 2 saturated heterocycles. The number of hydrogen-bond acceptors (Lipinski definition) is 6. The van der Waals surface area contributed by atoms with Crippen LogP contribution in [0.15, 0.2) is 28.4 Å². The summed E-state index contributed by atoms with van der Waals surface area (Å²) in [6, 6.07) is 1.47. The zero-order chi connectivity index (χ0) is 15.9. The highest BCUT2D eigenvalue weighted by atomic mass is 32.1. The van der Waals surface area contributed by atoms with Crippen molar-refractivity contribution in [3.63, 3.8) is 0 Å². The van der Waals surface area contributed by atoms with E-state index in [1.165, 1.54) is 16.2 Å². The molecule has 0 unspecified atom stereocenters. The molecule has 2 aliphatic rings. The molecule has 0 aromatic carbocycles. The first kappa shape index (κ1) is 14.4. The molecule has 0 aliphatic carbocycles. The number of imide groups is 1. The Kier molecular flexibility index (Phi) is 3.42.